The molecule has 0 saturated carbocycles. The fourth-order valence-electron chi connectivity index (χ4n) is 1.93. The predicted molar refractivity (Wildman–Crippen MR) is 75.3 cm³/mol. The van der Waals surface area contributed by atoms with E-state index < -0.39 is 6.61 Å². The van der Waals surface area contributed by atoms with Gasteiger partial charge in [-0.15, -0.1) is 11.3 Å². The van der Waals surface area contributed by atoms with Crippen LogP contribution >= 0.6 is 11.3 Å². The Bertz CT molecular complexity index is 532. The van der Waals surface area contributed by atoms with E-state index in [0.717, 1.165) is 5.01 Å². The van der Waals surface area contributed by atoms with Crippen molar-refractivity contribution in [1.29, 1.82) is 0 Å². The third kappa shape index (κ3) is 3.74. The number of hydrogen-bond acceptors (Lipinski definition) is 4. The van der Waals surface area contributed by atoms with Gasteiger partial charge >= 0.3 is 6.61 Å². The molecule has 6 heteroatoms. The van der Waals surface area contributed by atoms with Crippen molar-refractivity contribution in [2.24, 2.45) is 0 Å². The highest BCUT2D eigenvalue weighted by Gasteiger charge is 2.22. The smallest absolute Gasteiger partial charge is 0.387 e. The number of benzene rings is 1. The minimum atomic E-state index is -2.84. The van der Waals surface area contributed by atoms with E-state index in [1.807, 2.05) is 19.2 Å². The maximum absolute atomic E-state index is 12.5. The summed E-state index contributed by atoms with van der Waals surface area (Å²) in [5, 5.41) is 6.02. The average Bonchev–Trinajstić information content (AvgIpc) is 2.89. The van der Waals surface area contributed by atoms with Gasteiger partial charge in [-0.3, -0.25) is 0 Å². The Balaban J connectivity index is 2.38. The third-order valence-corrected chi connectivity index (χ3v) is 3.48. The molecule has 0 aliphatic carbocycles. The first kappa shape index (κ1) is 14.9. The fourth-order valence-corrected chi connectivity index (χ4v) is 2.64. The highest BCUT2D eigenvalue weighted by Crippen LogP contribution is 2.32. The molecule has 108 valence electrons. The molecule has 0 bridgehead atoms. The summed E-state index contributed by atoms with van der Waals surface area (Å²) < 4.78 is 29.6. The molecule has 1 atom stereocenters. The standard InChI is InChI=1S/C14H16F2N2OS/c1-9(2)18-12(13-17-7-8-20-13)10-5-3-4-6-11(10)19-14(15)16/h3-9,12,14,18H,1-2H3. The number of ether oxygens (including phenoxy) is 1. The molecular formula is C14H16F2N2OS. The molecule has 0 amide bonds. The van der Waals surface area contributed by atoms with Crippen LogP contribution in [0, 0.1) is 0 Å². The van der Waals surface area contributed by atoms with E-state index in [4.69, 9.17) is 0 Å². The number of nitrogens with one attached hydrogen (secondary N) is 1. The fraction of sp³-hybridized carbons (Fsp3) is 0.357. The van der Waals surface area contributed by atoms with Crippen LogP contribution < -0.4 is 10.1 Å². The Labute approximate surface area is 120 Å². The molecule has 2 aromatic rings. The molecule has 1 heterocycles. The molecule has 0 aliphatic heterocycles. The lowest BCUT2D eigenvalue weighted by Crippen LogP contribution is -2.29. The second kappa shape index (κ2) is 6.76. The van der Waals surface area contributed by atoms with Gasteiger partial charge in [-0.05, 0) is 19.9 Å². The van der Waals surface area contributed by atoms with E-state index in [-0.39, 0.29) is 17.8 Å². The number of aromatic nitrogens is 1. The molecule has 1 unspecified atom stereocenters. The van der Waals surface area contributed by atoms with Gasteiger partial charge in [0, 0.05) is 23.2 Å². The lowest BCUT2D eigenvalue weighted by atomic mass is 10.1. The normalized spacial score (nSPS) is 12.9. The summed E-state index contributed by atoms with van der Waals surface area (Å²) in [6, 6.07) is 6.73. The van der Waals surface area contributed by atoms with Crippen LogP contribution in [0.4, 0.5) is 8.78 Å². The third-order valence-electron chi connectivity index (χ3n) is 2.64. The van der Waals surface area contributed by atoms with Gasteiger partial charge in [-0.25, -0.2) is 4.98 Å². The molecule has 20 heavy (non-hydrogen) atoms. The van der Waals surface area contributed by atoms with Crippen molar-refractivity contribution in [2.45, 2.75) is 32.5 Å². The van der Waals surface area contributed by atoms with Gasteiger partial charge in [0.25, 0.3) is 0 Å². The van der Waals surface area contributed by atoms with Crippen LogP contribution in [0.15, 0.2) is 35.8 Å². The first-order valence-electron chi connectivity index (χ1n) is 6.27. The quantitative estimate of drug-likeness (QED) is 0.880. The van der Waals surface area contributed by atoms with Crippen LogP contribution in [0.2, 0.25) is 0 Å². The topological polar surface area (TPSA) is 34.2 Å². The summed E-state index contributed by atoms with van der Waals surface area (Å²) >= 11 is 1.48. The zero-order chi connectivity index (χ0) is 14.5. The van der Waals surface area contributed by atoms with Crippen molar-refractivity contribution in [3.8, 4) is 5.75 Å². The zero-order valence-electron chi connectivity index (χ0n) is 11.2. The molecule has 2 rings (SSSR count). The van der Waals surface area contributed by atoms with Crippen LogP contribution in [0.5, 0.6) is 5.75 Å². The minimum absolute atomic E-state index is 0.177. The molecule has 0 saturated heterocycles. The molecule has 1 aromatic heterocycles. The van der Waals surface area contributed by atoms with Crippen LogP contribution in [0.3, 0.4) is 0 Å². The lowest BCUT2D eigenvalue weighted by molar-refractivity contribution is -0.0506. The van der Waals surface area contributed by atoms with Gasteiger partial charge in [0.05, 0.1) is 6.04 Å². The summed E-state index contributed by atoms with van der Waals surface area (Å²) in [4.78, 5) is 4.28. The Morgan fingerprint density at radius 3 is 2.60 bits per heavy atom. The molecular weight excluding hydrogens is 282 g/mol. The van der Waals surface area contributed by atoms with E-state index in [1.165, 1.54) is 11.3 Å². The minimum Gasteiger partial charge on any atom is -0.434 e. The maximum Gasteiger partial charge on any atom is 0.387 e. The number of alkyl halides is 2. The summed E-state index contributed by atoms with van der Waals surface area (Å²) in [6.45, 7) is 1.15. The predicted octanol–water partition coefficient (Wildman–Crippen LogP) is 3.83. The second-order valence-electron chi connectivity index (χ2n) is 4.54. The Morgan fingerprint density at radius 1 is 1.25 bits per heavy atom. The highest BCUT2D eigenvalue weighted by atomic mass is 32.1. The molecule has 0 spiro atoms. The Morgan fingerprint density at radius 2 is 2.00 bits per heavy atom. The number of thiazole rings is 1. The summed E-state index contributed by atoms with van der Waals surface area (Å²) in [5.74, 6) is 0.177. The highest BCUT2D eigenvalue weighted by molar-refractivity contribution is 7.09. The molecule has 1 aromatic carbocycles. The summed E-state index contributed by atoms with van der Waals surface area (Å²) in [7, 11) is 0. The van der Waals surface area contributed by atoms with Gasteiger partial charge in [-0.1, -0.05) is 18.2 Å². The maximum atomic E-state index is 12.5. The first-order chi connectivity index (χ1) is 9.58. The van der Waals surface area contributed by atoms with Crippen molar-refractivity contribution in [3.05, 3.63) is 46.4 Å². The average molecular weight is 298 g/mol. The number of nitrogens with zero attached hydrogens (tertiary/aromatic N) is 1. The van der Waals surface area contributed by atoms with Crippen LogP contribution in [0.25, 0.3) is 0 Å². The Hall–Kier alpha value is -1.53. The van der Waals surface area contributed by atoms with Gasteiger partial charge < -0.3 is 10.1 Å². The van der Waals surface area contributed by atoms with Crippen molar-refractivity contribution in [2.75, 3.05) is 0 Å². The van der Waals surface area contributed by atoms with Crippen molar-refractivity contribution in [3.63, 3.8) is 0 Å². The second-order valence-corrected chi connectivity index (χ2v) is 5.47. The summed E-state index contributed by atoms with van der Waals surface area (Å²) in [6.07, 6.45) is 1.70. The van der Waals surface area contributed by atoms with E-state index in [0.29, 0.717) is 5.56 Å². The van der Waals surface area contributed by atoms with Crippen LogP contribution in [0.1, 0.15) is 30.5 Å². The largest absolute Gasteiger partial charge is 0.434 e. The van der Waals surface area contributed by atoms with E-state index >= 15 is 0 Å². The SMILES string of the molecule is CC(C)NC(c1nccs1)c1ccccc1OC(F)F. The molecule has 0 aliphatic rings. The summed E-state index contributed by atoms with van der Waals surface area (Å²) in [5.41, 5.74) is 0.663. The first-order valence-corrected chi connectivity index (χ1v) is 7.15. The van der Waals surface area contributed by atoms with Crippen molar-refractivity contribution >= 4 is 11.3 Å². The van der Waals surface area contributed by atoms with Gasteiger partial charge in [0.2, 0.25) is 0 Å². The van der Waals surface area contributed by atoms with E-state index in [2.05, 4.69) is 15.0 Å². The number of halogens is 2. The zero-order valence-corrected chi connectivity index (χ0v) is 12.0. The van der Waals surface area contributed by atoms with Crippen molar-refractivity contribution in [1.82, 2.24) is 10.3 Å². The van der Waals surface area contributed by atoms with Gasteiger partial charge in [0.1, 0.15) is 10.8 Å². The van der Waals surface area contributed by atoms with E-state index in [1.54, 1.807) is 30.5 Å². The number of para-hydroxylation sites is 1. The van der Waals surface area contributed by atoms with Gasteiger partial charge in [0.15, 0.2) is 0 Å². The molecule has 1 N–H and O–H groups in total. The van der Waals surface area contributed by atoms with E-state index in [9.17, 15) is 8.78 Å². The van der Waals surface area contributed by atoms with Gasteiger partial charge in [-0.2, -0.15) is 8.78 Å². The molecule has 0 radical (unpaired) electrons. The number of hydrogen-bond donors (Lipinski definition) is 1. The van der Waals surface area contributed by atoms with Crippen LogP contribution in [-0.2, 0) is 0 Å². The van der Waals surface area contributed by atoms with Crippen LogP contribution in [-0.4, -0.2) is 17.6 Å². The van der Waals surface area contributed by atoms with Crippen molar-refractivity contribution < 1.29 is 13.5 Å². The molecule has 0 fully saturated rings. The molecule has 3 nitrogen and oxygen atoms in total. The Kier molecular flexibility index (Phi) is 5.03. The monoisotopic (exact) mass is 298 g/mol. The number of rotatable bonds is 6. The lowest BCUT2D eigenvalue weighted by Gasteiger charge is -2.22.